The summed E-state index contributed by atoms with van der Waals surface area (Å²) in [6.07, 6.45) is 2.30. The largest absolute Gasteiger partial charge is 0.479 e. The molecule has 1 aliphatic heterocycles. The minimum atomic E-state index is -1.14. The van der Waals surface area contributed by atoms with Gasteiger partial charge in [-0.25, -0.2) is 4.79 Å². The van der Waals surface area contributed by atoms with Crippen molar-refractivity contribution >= 4 is 23.4 Å². The molecule has 0 aliphatic carbocycles. The maximum Gasteiger partial charge on any atom is 0.379 e. The lowest BCUT2D eigenvalue weighted by Crippen LogP contribution is -2.37. The topological polar surface area (TPSA) is 84.7 Å². The number of hydrazine groups is 1. The van der Waals surface area contributed by atoms with Crippen molar-refractivity contribution in [2.75, 3.05) is 13.7 Å². The monoisotopic (exact) mass is 275 g/mol. The number of rotatable bonds is 4. The molecule has 0 aromatic carbocycles. The predicted octanol–water partition coefficient (Wildman–Crippen LogP) is 0.395. The number of alkyl halides is 1. The Morgan fingerprint density at radius 1 is 1.61 bits per heavy atom. The van der Waals surface area contributed by atoms with E-state index in [2.05, 4.69) is 10.2 Å². The van der Waals surface area contributed by atoms with Gasteiger partial charge in [-0.05, 0) is 18.5 Å². The number of halogens is 1. The van der Waals surface area contributed by atoms with E-state index in [1.807, 2.05) is 0 Å². The second-order valence-corrected chi connectivity index (χ2v) is 3.63. The number of carbonyl (C=O) groups excluding carboxylic acids is 2. The number of hydrogen-bond acceptors (Lipinski definition) is 5. The Labute approximate surface area is 108 Å². The van der Waals surface area contributed by atoms with Gasteiger partial charge in [0, 0.05) is 12.2 Å². The van der Waals surface area contributed by atoms with Crippen LogP contribution >= 0.6 is 11.6 Å². The lowest BCUT2D eigenvalue weighted by atomic mass is 10.2. The smallest absolute Gasteiger partial charge is 0.379 e. The van der Waals surface area contributed by atoms with Crippen molar-refractivity contribution < 1.29 is 23.9 Å². The molecule has 0 aromatic rings. The first-order valence-corrected chi connectivity index (χ1v) is 5.48. The number of nitroso groups, excluding NO2 is 1. The summed E-state index contributed by atoms with van der Waals surface area (Å²) in [7, 11) is 1.34. The molecule has 8 heteroatoms. The Hall–Kier alpha value is -1.89. The second-order valence-electron chi connectivity index (χ2n) is 3.22. The standard InChI is InChI=1S/C10H11ClN2O5/c1-3-18-10(15)7(14)4-6-5-8(17-2)12-13(16)9(6)11/h4-5,9H,3H2,1-2H3/p+1. The van der Waals surface area contributed by atoms with E-state index in [0.717, 1.165) is 6.08 Å². The molecule has 0 amide bonds. The van der Waals surface area contributed by atoms with Crippen molar-refractivity contribution in [3.05, 3.63) is 28.5 Å². The molecule has 0 saturated heterocycles. The Morgan fingerprint density at radius 2 is 2.28 bits per heavy atom. The molecule has 7 nitrogen and oxygen atoms in total. The van der Waals surface area contributed by atoms with Gasteiger partial charge in [-0.2, -0.15) is 0 Å². The fraction of sp³-hybridized carbons (Fsp3) is 0.400. The van der Waals surface area contributed by atoms with Gasteiger partial charge in [0.05, 0.1) is 24.2 Å². The van der Waals surface area contributed by atoms with Crippen LogP contribution in [0.25, 0.3) is 0 Å². The number of methoxy groups -OCH3 is 1. The molecular weight excluding hydrogens is 264 g/mol. The first kappa shape index (κ1) is 14.2. The van der Waals surface area contributed by atoms with E-state index in [-0.39, 0.29) is 18.1 Å². The molecule has 1 rings (SSSR count). The lowest BCUT2D eigenvalue weighted by Gasteiger charge is -2.12. The number of ether oxygens (including phenoxy) is 2. The van der Waals surface area contributed by atoms with Crippen LogP contribution in [0.4, 0.5) is 0 Å². The molecule has 1 heterocycles. The molecule has 18 heavy (non-hydrogen) atoms. The Kier molecular flexibility index (Phi) is 4.85. The maximum absolute atomic E-state index is 11.4. The third-order valence-electron chi connectivity index (χ3n) is 1.99. The first-order chi connectivity index (χ1) is 8.49. The number of ketones is 1. The number of esters is 1. The summed E-state index contributed by atoms with van der Waals surface area (Å²) in [5.74, 6) is -1.78. The first-order valence-electron chi connectivity index (χ1n) is 5.05. The highest BCUT2D eigenvalue weighted by Gasteiger charge is 2.34. The van der Waals surface area contributed by atoms with Crippen molar-refractivity contribution in [2.24, 2.45) is 0 Å². The van der Waals surface area contributed by atoms with E-state index in [4.69, 9.17) is 16.3 Å². The molecule has 98 valence electrons. The summed E-state index contributed by atoms with van der Waals surface area (Å²) >= 11 is 5.76. The van der Waals surface area contributed by atoms with Crippen LogP contribution in [0.15, 0.2) is 23.6 Å². The van der Waals surface area contributed by atoms with Crippen molar-refractivity contribution in [3.63, 3.8) is 0 Å². The van der Waals surface area contributed by atoms with Gasteiger partial charge in [-0.1, -0.05) is 5.43 Å². The van der Waals surface area contributed by atoms with E-state index >= 15 is 0 Å². The Bertz CT molecular complexity index is 444. The molecule has 1 atom stereocenters. The molecule has 1 N–H and O–H groups in total. The molecule has 0 aromatic heterocycles. The zero-order valence-corrected chi connectivity index (χ0v) is 10.6. The SMILES string of the molecule is CCOC(=O)C(=O)/C=C1\C=C(OC)N[N+](=O)C1Cl. The minimum Gasteiger partial charge on any atom is -0.479 e. The highest BCUT2D eigenvalue weighted by atomic mass is 35.5. The molecule has 0 radical (unpaired) electrons. The zero-order chi connectivity index (χ0) is 13.7. The molecule has 0 bridgehead atoms. The highest BCUT2D eigenvalue weighted by molar-refractivity contribution is 6.38. The molecule has 0 saturated carbocycles. The third kappa shape index (κ3) is 3.30. The van der Waals surface area contributed by atoms with Gasteiger partial charge < -0.3 is 9.47 Å². The van der Waals surface area contributed by atoms with Crippen LogP contribution in [0.1, 0.15) is 6.92 Å². The molecule has 0 spiro atoms. The van der Waals surface area contributed by atoms with Crippen LogP contribution in [-0.2, 0) is 19.1 Å². The van der Waals surface area contributed by atoms with Crippen LogP contribution < -0.4 is 5.43 Å². The summed E-state index contributed by atoms with van der Waals surface area (Å²) in [4.78, 5) is 34.2. The fourth-order valence-electron chi connectivity index (χ4n) is 1.18. The van der Waals surface area contributed by atoms with Crippen molar-refractivity contribution in [3.8, 4) is 0 Å². The van der Waals surface area contributed by atoms with E-state index in [0.29, 0.717) is 4.87 Å². The summed E-state index contributed by atoms with van der Waals surface area (Å²) < 4.78 is 9.34. The number of carbonyl (C=O) groups is 2. The minimum absolute atomic E-state index is 0.0897. The number of hydrogen-bond donors (Lipinski definition) is 1. The average Bonchev–Trinajstić information content (AvgIpc) is 2.34. The summed E-state index contributed by atoms with van der Waals surface area (Å²) in [5, 5.41) is 0. The average molecular weight is 276 g/mol. The maximum atomic E-state index is 11.4. The Balaban J connectivity index is 2.95. The number of nitrogens with zero attached hydrogens (tertiary/aromatic N) is 1. The molecule has 0 fully saturated rings. The van der Waals surface area contributed by atoms with Crippen molar-refractivity contribution in [2.45, 2.75) is 12.4 Å². The molecule has 1 aliphatic rings. The predicted molar refractivity (Wildman–Crippen MR) is 61.2 cm³/mol. The van der Waals surface area contributed by atoms with Crippen LogP contribution in [-0.4, -0.2) is 35.8 Å². The summed E-state index contributed by atoms with van der Waals surface area (Å²) in [5.41, 5.74) is 1.29. The second kappa shape index (κ2) is 6.15. The third-order valence-corrected chi connectivity index (χ3v) is 2.42. The van der Waals surface area contributed by atoms with E-state index in [9.17, 15) is 14.5 Å². The van der Waals surface area contributed by atoms with Gasteiger partial charge >= 0.3 is 11.5 Å². The Morgan fingerprint density at radius 3 is 2.83 bits per heavy atom. The van der Waals surface area contributed by atoms with Crippen LogP contribution in [0.3, 0.4) is 0 Å². The number of nitrogens with one attached hydrogen (secondary N) is 1. The zero-order valence-electron chi connectivity index (χ0n) is 9.81. The van der Waals surface area contributed by atoms with Gasteiger partial charge in [0.15, 0.2) is 0 Å². The van der Waals surface area contributed by atoms with Crippen LogP contribution in [0.5, 0.6) is 0 Å². The van der Waals surface area contributed by atoms with E-state index < -0.39 is 17.3 Å². The van der Waals surface area contributed by atoms with Crippen LogP contribution in [0.2, 0.25) is 0 Å². The summed E-state index contributed by atoms with van der Waals surface area (Å²) in [6, 6.07) is 0. The van der Waals surface area contributed by atoms with Crippen molar-refractivity contribution in [1.82, 2.24) is 5.43 Å². The van der Waals surface area contributed by atoms with Gasteiger partial charge in [-0.15, -0.1) is 0 Å². The van der Waals surface area contributed by atoms with Crippen LogP contribution in [0, 0.1) is 4.91 Å². The molecule has 1 unspecified atom stereocenters. The normalized spacial score (nSPS) is 21.1. The van der Waals surface area contributed by atoms with Gasteiger partial charge in [0.25, 0.3) is 5.78 Å². The van der Waals surface area contributed by atoms with Gasteiger partial charge in [0.2, 0.25) is 5.88 Å². The van der Waals surface area contributed by atoms with Gasteiger partial charge in [-0.3, -0.25) is 4.79 Å². The summed E-state index contributed by atoms with van der Waals surface area (Å²) in [6.45, 7) is 1.67. The van der Waals surface area contributed by atoms with E-state index in [1.54, 1.807) is 6.92 Å². The lowest BCUT2D eigenvalue weighted by molar-refractivity contribution is -0.613. The van der Waals surface area contributed by atoms with Crippen molar-refractivity contribution in [1.29, 1.82) is 0 Å². The van der Waals surface area contributed by atoms with E-state index in [1.165, 1.54) is 13.2 Å². The fourth-order valence-corrected chi connectivity index (χ4v) is 1.36. The van der Waals surface area contributed by atoms with Gasteiger partial charge in [0.1, 0.15) is 4.87 Å². The molecular formula is C10H12ClN2O5+. The highest BCUT2D eigenvalue weighted by Crippen LogP contribution is 2.18. The quantitative estimate of drug-likeness (QED) is 0.200.